The lowest BCUT2D eigenvalue weighted by molar-refractivity contribution is -0.132. The summed E-state index contributed by atoms with van der Waals surface area (Å²) < 4.78 is 0. The van der Waals surface area contributed by atoms with Crippen LogP contribution in [0.5, 0.6) is 0 Å². The van der Waals surface area contributed by atoms with Crippen molar-refractivity contribution in [3.63, 3.8) is 0 Å². The molecule has 0 aromatic heterocycles. The lowest BCUT2D eigenvalue weighted by Gasteiger charge is -2.51. The monoisotopic (exact) mass is 352 g/mol. The molecule has 1 aromatic rings. The molecular weight excluding hydrogens is 320 g/mol. The Kier molecular flexibility index (Phi) is 5.14. The number of fused-ring (bicyclic) bond motifs is 1. The number of hydrogen-bond acceptors (Lipinski definition) is 1. The SMILES string of the molecule is CC[C@@]1(/C=C(\C)C(=O)O)[C@@H]2[C@@H](C(C)=C[C@@H]1c1ccccc1)[C@H](C)C[C@H]2C. The van der Waals surface area contributed by atoms with Gasteiger partial charge in [-0.25, -0.2) is 4.79 Å². The predicted octanol–water partition coefficient (Wildman–Crippen LogP) is 6.07. The number of rotatable bonds is 4. The minimum Gasteiger partial charge on any atom is -0.478 e. The van der Waals surface area contributed by atoms with Gasteiger partial charge in [0.15, 0.2) is 0 Å². The molecule has 26 heavy (non-hydrogen) atoms. The standard InChI is InChI=1S/C24H32O2/c1-6-24(14-18(5)23(25)26)20(19-10-8-7-9-11-19)13-16(3)21-15(2)12-17(4)22(21)24/h7-11,13-15,17,20-22H,6,12H2,1-5H3,(H,25,26)/b18-14+/t15-,17-,20-,21-,22+,24+/m1/s1. The van der Waals surface area contributed by atoms with Crippen LogP contribution in [0.3, 0.4) is 0 Å². The van der Waals surface area contributed by atoms with Gasteiger partial charge in [-0.15, -0.1) is 0 Å². The zero-order chi connectivity index (χ0) is 19.1. The molecule has 2 nitrogen and oxygen atoms in total. The quantitative estimate of drug-likeness (QED) is 0.528. The first kappa shape index (κ1) is 18.9. The Morgan fingerprint density at radius 1 is 1.23 bits per heavy atom. The van der Waals surface area contributed by atoms with Gasteiger partial charge in [-0.3, -0.25) is 0 Å². The van der Waals surface area contributed by atoms with E-state index in [0.717, 1.165) is 6.42 Å². The molecule has 2 heteroatoms. The Morgan fingerprint density at radius 3 is 2.46 bits per heavy atom. The first-order chi connectivity index (χ1) is 12.3. The summed E-state index contributed by atoms with van der Waals surface area (Å²) in [5.74, 6) is 1.74. The van der Waals surface area contributed by atoms with Gasteiger partial charge in [-0.05, 0) is 55.9 Å². The topological polar surface area (TPSA) is 37.3 Å². The normalized spacial score (nSPS) is 37.2. The second kappa shape index (κ2) is 7.06. The van der Waals surface area contributed by atoms with Crippen LogP contribution in [0.15, 0.2) is 53.6 Å². The minimum atomic E-state index is -0.800. The Hall–Kier alpha value is -1.83. The molecule has 6 atom stereocenters. The van der Waals surface area contributed by atoms with Gasteiger partial charge < -0.3 is 5.11 Å². The molecule has 0 aliphatic heterocycles. The molecule has 0 radical (unpaired) electrons. The fraction of sp³-hybridized carbons (Fsp3) is 0.542. The van der Waals surface area contributed by atoms with Gasteiger partial charge in [-0.2, -0.15) is 0 Å². The van der Waals surface area contributed by atoms with Crippen LogP contribution in [0, 0.1) is 29.1 Å². The molecule has 140 valence electrons. The van der Waals surface area contributed by atoms with E-state index in [4.69, 9.17) is 0 Å². The first-order valence-corrected chi connectivity index (χ1v) is 9.97. The molecule has 2 aliphatic carbocycles. The summed E-state index contributed by atoms with van der Waals surface area (Å²) in [4.78, 5) is 11.7. The largest absolute Gasteiger partial charge is 0.478 e. The Bertz CT molecular complexity index is 730. The molecule has 1 aromatic carbocycles. The molecule has 0 amide bonds. The van der Waals surface area contributed by atoms with Crippen molar-refractivity contribution in [1.29, 1.82) is 0 Å². The van der Waals surface area contributed by atoms with Gasteiger partial charge in [0.2, 0.25) is 0 Å². The summed E-state index contributed by atoms with van der Waals surface area (Å²) in [5, 5.41) is 9.61. The number of carboxylic acids is 1. The van der Waals surface area contributed by atoms with Gasteiger partial charge in [0.25, 0.3) is 0 Å². The second-order valence-electron chi connectivity index (χ2n) is 8.64. The number of allylic oxidation sites excluding steroid dienone is 3. The minimum absolute atomic E-state index is 0.141. The Labute approximate surface area is 158 Å². The van der Waals surface area contributed by atoms with Crippen LogP contribution in [0.2, 0.25) is 0 Å². The van der Waals surface area contributed by atoms with Crippen molar-refractivity contribution < 1.29 is 9.90 Å². The van der Waals surface area contributed by atoms with E-state index < -0.39 is 5.97 Å². The van der Waals surface area contributed by atoms with Crippen LogP contribution in [0.25, 0.3) is 0 Å². The lowest BCUT2D eigenvalue weighted by atomic mass is 9.53. The lowest BCUT2D eigenvalue weighted by Crippen LogP contribution is -2.43. The van der Waals surface area contributed by atoms with Crippen LogP contribution in [0.4, 0.5) is 0 Å². The van der Waals surface area contributed by atoms with E-state index in [-0.39, 0.29) is 11.3 Å². The Balaban J connectivity index is 2.25. The molecule has 1 N–H and O–H groups in total. The summed E-state index contributed by atoms with van der Waals surface area (Å²) in [6.45, 7) is 11.0. The third-order valence-electron chi connectivity index (χ3n) is 7.11. The van der Waals surface area contributed by atoms with E-state index in [2.05, 4.69) is 70.2 Å². The van der Waals surface area contributed by atoms with Crippen LogP contribution >= 0.6 is 0 Å². The molecule has 3 rings (SSSR count). The van der Waals surface area contributed by atoms with E-state index in [1.54, 1.807) is 6.92 Å². The number of aliphatic carboxylic acids is 1. The smallest absolute Gasteiger partial charge is 0.330 e. The van der Waals surface area contributed by atoms with Gasteiger partial charge in [0.1, 0.15) is 0 Å². The molecular formula is C24H32O2. The van der Waals surface area contributed by atoms with Crippen LogP contribution in [0.1, 0.15) is 58.9 Å². The van der Waals surface area contributed by atoms with Crippen LogP contribution in [-0.4, -0.2) is 11.1 Å². The third kappa shape index (κ3) is 2.94. The maximum atomic E-state index is 11.7. The molecule has 2 aliphatic rings. The van der Waals surface area contributed by atoms with Crippen molar-refractivity contribution in [3.05, 3.63) is 59.2 Å². The average molecular weight is 353 g/mol. The van der Waals surface area contributed by atoms with Gasteiger partial charge >= 0.3 is 5.97 Å². The molecule has 0 heterocycles. The zero-order valence-corrected chi connectivity index (χ0v) is 16.7. The van der Waals surface area contributed by atoms with Gasteiger partial charge in [-0.1, -0.05) is 68.8 Å². The fourth-order valence-corrected chi connectivity index (χ4v) is 6.20. The molecule has 1 fully saturated rings. The van der Waals surface area contributed by atoms with Crippen molar-refractivity contribution in [2.75, 3.05) is 0 Å². The molecule has 0 spiro atoms. The van der Waals surface area contributed by atoms with Crippen molar-refractivity contribution in [2.45, 2.75) is 53.4 Å². The van der Waals surface area contributed by atoms with E-state index in [9.17, 15) is 9.90 Å². The number of carbonyl (C=O) groups is 1. The summed E-state index contributed by atoms with van der Waals surface area (Å²) in [6.07, 6.45) is 6.74. The third-order valence-corrected chi connectivity index (χ3v) is 7.11. The maximum Gasteiger partial charge on any atom is 0.330 e. The van der Waals surface area contributed by atoms with E-state index >= 15 is 0 Å². The Morgan fingerprint density at radius 2 is 1.88 bits per heavy atom. The van der Waals surface area contributed by atoms with E-state index in [1.807, 2.05) is 0 Å². The highest BCUT2D eigenvalue weighted by Gasteiger charge is 2.55. The van der Waals surface area contributed by atoms with E-state index in [1.165, 1.54) is 17.6 Å². The first-order valence-electron chi connectivity index (χ1n) is 9.97. The molecule has 0 bridgehead atoms. The highest BCUT2D eigenvalue weighted by atomic mass is 16.4. The summed E-state index contributed by atoms with van der Waals surface area (Å²) in [5.41, 5.74) is 3.13. The molecule has 0 saturated heterocycles. The molecule has 1 saturated carbocycles. The number of benzene rings is 1. The van der Waals surface area contributed by atoms with E-state index in [0.29, 0.717) is 29.2 Å². The summed E-state index contributed by atoms with van der Waals surface area (Å²) >= 11 is 0. The van der Waals surface area contributed by atoms with Gasteiger partial charge in [0, 0.05) is 16.9 Å². The summed E-state index contributed by atoms with van der Waals surface area (Å²) in [7, 11) is 0. The second-order valence-corrected chi connectivity index (χ2v) is 8.64. The van der Waals surface area contributed by atoms with Crippen molar-refractivity contribution in [3.8, 4) is 0 Å². The zero-order valence-electron chi connectivity index (χ0n) is 16.7. The van der Waals surface area contributed by atoms with Crippen molar-refractivity contribution in [2.24, 2.45) is 29.1 Å². The van der Waals surface area contributed by atoms with Crippen molar-refractivity contribution in [1.82, 2.24) is 0 Å². The highest BCUT2D eigenvalue weighted by Crippen LogP contribution is 2.63. The number of carboxylic acid groups (broad SMARTS) is 1. The maximum absolute atomic E-state index is 11.7. The predicted molar refractivity (Wildman–Crippen MR) is 107 cm³/mol. The number of hydrogen-bond donors (Lipinski definition) is 1. The van der Waals surface area contributed by atoms with Crippen molar-refractivity contribution >= 4 is 5.97 Å². The highest BCUT2D eigenvalue weighted by molar-refractivity contribution is 5.86. The van der Waals surface area contributed by atoms with Crippen LogP contribution in [-0.2, 0) is 4.79 Å². The average Bonchev–Trinajstić information content (AvgIpc) is 2.93. The molecule has 0 unspecified atom stereocenters. The van der Waals surface area contributed by atoms with Gasteiger partial charge in [0.05, 0.1) is 0 Å². The van der Waals surface area contributed by atoms with Crippen LogP contribution < -0.4 is 0 Å². The fourth-order valence-electron chi connectivity index (χ4n) is 6.20. The summed E-state index contributed by atoms with van der Waals surface area (Å²) in [6, 6.07) is 10.6.